The summed E-state index contributed by atoms with van der Waals surface area (Å²) in [6.45, 7) is 0.222. The predicted molar refractivity (Wildman–Crippen MR) is 100 cm³/mol. The molecule has 0 amide bonds. The molecule has 3 aliphatic heterocycles. The monoisotopic (exact) mass is 471 g/mol. The predicted octanol–water partition coefficient (Wildman–Crippen LogP) is -5.55. The molecule has 14 heteroatoms. The number of rotatable bonds is 6. The van der Waals surface area contributed by atoms with Crippen LogP contribution in [0.15, 0.2) is 0 Å². The zero-order valence-corrected chi connectivity index (χ0v) is 17.4. The van der Waals surface area contributed by atoms with E-state index < -0.39 is 99.2 Å². The number of nitrogens with two attached hydrogens (primary N) is 1. The van der Waals surface area contributed by atoms with E-state index in [1.165, 1.54) is 0 Å². The molecule has 3 rings (SSSR count). The molecule has 0 aromatic heterocycles. The molecule has 0 aliphatic carbocycles. The van der Waals surface area contributed by atoms with Crippen LogP contribution in [0.5, 0.6) is 0 Å². The van der Waals surface area contributed by atoms with Gasteiger partial charge in [0.2, 0.25) is 0 Å². The highest BCUT2D eigenvalue weighted by atomic mass is 16.8. The Morgan fingerprint density at radius 1 is 0.750 bits per heavy atom. The van der Waals surface area contributed by atoms with Gasteiger partial charge in [-0.25, -0.2) is 0 Å². The van der Waals surface area contributed by atoms with Crippen LogP contribution in [0, 0.1) is 0 Å². The van der Waals surface area contributed by atoms with Crippen molar-refractivity contribution >= 4 is 0 Å². The maximum Gasteiger partial charge on any atom is 0.184 e. The van der Waals surface area contributed by atoms with Gasteiger partial charge >= 0.3 is 0 Å². The number of aliphatic hydroxyl groups excluding tert-OH is 8. The Morgan fingerprint density at radius 3 is 1.97 bits per heavy atom. The third-order valence-corrected chi connectivity index (χ3v) is 6.02. The second kappa shape index (κ2) is 10.8. The topological polar surface area (TPSA) is 234 Å². The highest BCUT2D eigenvalue weighted by Crippen LogP contribution is 2.32. The van der Waals surface area contributed by atoms with Crippen LogP contribution in [-0.4, -0.2) is 140 Å². The molecule has 0 saturated carbocycles. The highest BCUT2D eigenvalue weighted by Gasteiger charge is 2.52. The Morgan fingerprint density at radius 2 is 1.34 bits per heavy atom. The third kappa shape index (κ3) is 5.24. The number of hydrogen-bond donors (Lipinski definition) is 9. The maximum atomic E-state index is 10.7. The molecule has 0 spiro atoms. The Bertz CT molecular complexity index is 599. The molecule has 0 radical (unpaired) electrons. The fourth-order valence-corrected chi connectivity index (χ4v) is 3.96. The fourth-order valence-electron chi connectivity index (χ4n) is 3.96. The van der Waals surface area contributed by atoms with Crippen molar-refractivity contribution in [1.82, 2.24) is 0 Å². The largest absolute Gasteiger partial charge is 0.394 e. The van der Waals surface area contributed by atoms with E-state index in [4.69, 9.17) is 29.4 Å². The Kier molecular flexibility index (Phi) is 8.79. The van der Waals surface area contributed by atoms with Crippen LogP contribution >= 0.6 is 0 Å². The second-order valence-corrected chi connectivity index (χ2v) is 8.30. The van der Waals surface area contributed by atoms with Gasteiger partial charge in [-0.1, -0.05) is 0 Å². The second-order valence-electron chi connectivity index (χ2n) is 8.30. The van der Waals surface area contributed by atoms with Crippen molar-refractivity contribution in [2.45, 2.75) is 99.3 Å². The fraction of sp³-hybridized carbons (Fsp3) is 1.00. The summed E-state index contributed by atoms with van der Waals surface area (Å²) in [5, 5.41) is 80.1. The zero-order chi connectivity index (χ0) is 23.7. The summed E-state index contributed by atoms with van der Waals surface area (Å²) < 4.78 is 27.4. The molecule has 0 unspecified atom stereocenters. The summed E-state index contributed by atoms with van der Waals surface area (Å²) in [6.07, 6.45) is -17.6. The van der Waals surface area contributed by atoms with Crippen molar-refractivity contribution in [3.8, 4) is 0 Å². The average molecular weight is 471 g/mol. The van der Waals surface area contributed by atoms with Gasteiger partial charge < -0.3 is 70.3 Å². The molecule has 0 aromatic carbocycles. The lowest BCUT2D eigenvalue weighted by molar-refractivity contribution is -0.373. The van der Waals surface area contributed by atoms with Crippen LogP contribution < -0.4 is 5.73 Å². The first-order valence-corrected chi connectivity index (χ1v) is 10.4. The summed E-state index contributed by atoms with van der Waals surface area (Å²) in [4.78, 5) is 0. The number of hydrogen-bond acceptors (Lipinski definition) is 14. The molecule has 3 fully saturated rings. The van der Waals surface area contributed by atoms with Crippen LogP contribution in [-0.2, 0) is 23.7 Å². The van der Waals surface area contributed by atoms with Gasteiger partial charge in [-0.2, -0.15) is 0 Å². The van der Waals surface area contributed by atoms with Gasteiger partial charge in [0.15, 0.2) is 18.9 Å². The normalized spacial score (nSPS) is 52.7. The average Bonchev–Trinajstić information content (AvgIpc) is 2.76. The summed E-state index contributed by atoms with van der Waals surface area (Å²) in [5.41, 5.74) is 5.87. The van der Waals surface area contributed by atoms with Crippen molar-refractivity contribution in [3.05, 3.63) is 0 Å². The van der Waals surface area contributed by atoms with Crippen molar-refractivity contribution in [2.24, 2.45) is 5.73 Å². The lowest BCUT2D eigenvalue weighted by atomic mass is 9.96. The molecule has 3 heterocycles. The van der Waals surface area contributed by atoms with Crippen LogP contribution in [0.1, 0.15) is 13.3 Å². The molecule has 32 heavy (non-hydrogen) atoms. The highest BCUT2D eigenvalue weighted by molar-refractivity contribution is 4.96. The first-order valence-electron chi connectivity index (χ1n) is 10.4. The minimum Gasteiger partial charge on any atom is -0.394 e. The Balaban J connectivity index is 1.79. The van der Waals surface area contributed by atoms with Gasteiger partial charge in [0.25, 0.3) is 0 Å². The molecule has 14 nitrogen and oxygen atoms in total. The smallest absolute Gasteiger partial charge is 0.184 e. The van der Waals surface area contributed by atoms with Gasteiger partial charge in [-0.3, -0.25) is 0 Å². The first-order chi connectivity index (χ1) is 15.1. The molecule has 14 atom stereocenters. The first kappa shape index (κ1) is 26.1. The number of aliphatic hydroxyl groups is 8. The van der Waals surface area contributed by atoms with Crippen molar-refractivity contribution < 1.29 is 64.5 Å². The van der Waals surface area contributed by atoms with E-state index in [0.29, 0.717) is 0 Å². The van der Waals surface area contributed by atoms with E-state index in [9.17, 15) is 40.9 Å². The minimum absolute atomic E-state index is 0.0679. The molecule has 3 aliphatic rings. The summed E-state index contributed by atoms with van der Waals surface area (Å²) >= 11 is 0. The molecular formula is C18H33NO13. The van der Waals surface area contributed by atoms with Gasteiger partial charge in [-0.05, 0) is 6.92 Å². The molecule has 188 valence electrons. The van der Waals surface area contributed by atoms with Gasteiger partial charge in [0, 0.05) is 6.42 Å². The molecule has 0 bridgehead atoms. The molecule has 0 aromatic rings. The summed E-state index contributed by atoms with van der Waals surface area (Å²) in [5.74, 6) is 0. The minimum atomic E-state index is -1.77. The van der Waals surface area contributed by atoms with Gasteiger partial charge in [-0.15, -0.1) is 0 Å². The van der Waals surface area contributed by atoms with E-state index >= 15 is 0 Å². The quantitative estimate of drug-likeness (QED) is 0.176. The standard InChI is InChI=1S/C18H33NO13/c1-5-6(22)2-7(23)17(28-5)31-14-12(25)9(4-21)29-16(27)15(14)32-18-10(19)13(26)11(24)8(3-20)30-18/h5-18,20-27H,2-4,19H2,1H3/t5-,6-,7-,8-,9-,10-,11+,12-,13-,14+,15+,16+,17-,18-/m1/s1. The maximum absolute atomic E-state index is 10.7. The van der Waals surface area contributed by atoms with E-state index in [0.717, 1.165) is 0 Å². The van der Waals surface area contributed by atoms with Crippen LogP contribution in [0.2, 0.25) is 0 Å². The van der Waals surface area contributed by atoms with Crippen molar-refractivity contribution in [1.29, 1.82) is 0 Å². The van der Waals surface area contributed by atoms with E-state index in [-0.39, 0.29) is 6.42 Å². The summed E-state index contributed by atoms with van der Waals surface area (Å²) in [7, 11) is 0. The van der Waals surface area contributed by atoms with Gasteiger partial charge in [0.1, 0.15) is 48.8 Å². The third-order valence-electron chi connectivity index (χ3n) is 6.02. The van der Waals surface area contributed by atoms with E-state index in [1.807, 2.05) is 0 Å². The van der Waals surface area contributed by atoms with Crippen molar-refractivity contribution in [2.75, 3.05) is 13.2 Å². The summed E-state index contributed by atoms with van der Waals surface area (Å²) in [6, 6.07) is -1.31. The SMILES string of the molecule is C[C@H]1O[C@H](O[C@H]2[C@H](O)[C@@H](CO)O[C@H](O)[C@H]2O[C@H]2O[C@H](CO)[C@H](O)[C@H](O)[C@H]2N)[C@H](O)C[C@H]1O. The van der Waals surface area contributed by atoms with Crippen LogP contribution in [0.4, 0.5) is 0 Å². The zero-order valence-electron chi connectivity index (χ0n) is 17.4. The molecule has 10 N–H and O–H groups in total. The van der Waals surface area contributed by atoms with Crippen LogP contribution in [0.3, 0.4) is 0 Å². The Labute approximate surface area is 183 Å². The van der Waals surface area contributed by atoms with Crippen molar-refractivity contribution in [3.63, 3.8) is 0 Å². The number of ether oxygens (including phenoxy) is 5. The lowest BCUT2D eigenvalue weighted by Crippen LogP contribution is -2.67. The Hall–Kier alpha value is -0.560. The molecular weight excluding hydrogens is 438 g/mol. The van der Waals surface area contributed by atoms with Crippen LogP contribution in [0.25, 0.3) is 0 Å². The van der Waals surface area contributed by atoms with E-state index in [2.05, 4.69) is 0 Å². The lowest BCUT2D eigenvalue weighted by Gasteiger charge is -2.47. The van der Waals surface area contributed by atoms with Gasteiger partial charge in [0.05, 0.1) is 31.5 Å². The molecule has 3 saturated heterocycles. The van der Waals surface area contributed by atoms with E-state index in [1.54, 1.807) is 6.92 Å².